The molecule has 0 aliphatic carbocycles. The molecule has 1 saturated heterocycles. The van der Waals surface area contributed by atoms with E-state index < -0.39 is 0 Å². The van der Waals surface area contributed by atoms with Crippen LogP contribution < -0.4 is 0 Å². The SMILES string of the molecule is CC(C)(C)c1ccc(CC2CCCN(C(C)(C)C)C2)cc1. The summed E-state index contributed by atoms with van der Waals surface area (Å²) >= 11 is 0. The molecule has 2 rings (SSSR count). The van der Waals surface area contributed by atoms with E-state index in [0.29, 0.717) is 5.54 Å². The van der Waals surface area contributed by atoms with Crippen molar-refractivity contribution in [1.82, 2.24) is 4.90 Å². The van der Waals surface area contributed by atoms with Crippen LogP contribution in [0.2, 0.25) is 0 Å². The second kappa shape index (κ2) is 6.12. The van der Waals surface area contributed by atoms with Crippen LogP contribution in [0.25, 0.3) is 0 Å². The van der Waals surface area contributed by atoms with E-state index in [1.54, 1.807) is 0 Å². The van der Waals surface area contributed by atoms with Crippen LogP contribution in [0.4, 0.5) is 0 Å². The number of benzene rings is 1. The lowest BCUT2D eigenvalue weighted by atomic mass is 9.85. The van der Waals surface area contributed by atoms with Gasteiger partial charge in [-0.15, -0.1) is 0 Å². The second-order valence-electron chi connectivity index (χ2n) is 8.78. The zero-order chi connectivity index (χ0) is 15.7. The molecule has 1 nitrogen and oxygen atoms in total. The van der Waals surface area contributed by atoms with Crippen molar-refractivity contribution in [2.75, 3.05) is 13.1 Å². The lowest BCUT2D eigenvalue weighted by Gasteiger charge is -2.41. The highest BCUT2D eigenvalue weighted by Gasteiger charge is 2.27. The summed E-state index contributed by atoms with van der Waals surface area (Å²) in [7, 11) is 0. The van der Waals surface area contributed by atoms with Crippen LogP contribution in [-0.4, -0.2) is 23.5 Å². The van der Waals surface area contributed by atoms with Gasteiger partial charge in [-0.3, -0.25) is 4.90 Å². The van der Waals surface area contributed by atoms with Crippen molar-refractivity contribution >= 4 is 0 Å². The summed E-state index contributed by atoms with van der Waals surface area (Å²) in [6.45, 7) is 16.4. The van der Waals surface area contributed by atoms with E-state index >= 15 is 0 Å². The van der Waals surface area contributed by atoms with Gasteiger partial charge in [-0.1, -0.05) is 45.0 Å². The molecular weight excluding hydrogens is 254 g/mol. The standard InChI is InChI=1S/C20H33N/c1-19(2,3)18-11-9-16(10-12-18)14-17-8-7-13-21(15-17)20(4,5)6/h9-12,17H,7-8,13-15H2,1-6H3. The van der Waals surface area contributed by atoms with Gasteiger partial charge in [-0.25, -0.2) is 0 Å². The maximum absolute atomic E-state index is 2.66. The summed E-state index contributed by atoms with van der Waals surface area (Å²) < 4.78 is 0. The topological polar surface area (TPSA) is 3.24 Å². The summed E-state index contributed by atoms with van der Waals surface area (Å²) in [6, 6.07) is 9.33. The molecule has 21 heavy (non-hydrogen) atoms. The van der Waals surface area contributed by atoms with Crippen LogP contribution in [-0.2, 0) is 11.8 Å². The van der Waals surface area contributed by atoms with Gasteiger partial charge in [0.15, 0.2) is 0 Å². The summed E-state index contributed by atoms with van der Waals surface area (Å²) in [4.78, 5) is 2.66. The van der Waals surface area contributed by atoms with Crippen molar-refractivity contribution in [1.29, 1.82) is 0 Å². The Hall–Kier alpha value is -0.820. The molecule has 1 aliphatic rings. The fourth-order valence-electron chi connectivity index (χ4n) is 3.32. The number of hydrogen-bond donors (Lipinski definition) is 0. The fraction of sp³-hybridized carbons (Fsp3) is 0.700. The minimum atomic E-state index is 0.256. The Kier molecular flexibility index (Phi) is 4.82. The number of piperidine rings is 1. The van der Waals surface area contributed by atoms with Crippen molar-refractivity contribution < 1.29 is 0 Å². The number of nitrogens with zero attached hydrogens (tertiary/aromatic N) is 1. The minimum absolute atomic E-state index is 0.256. The zero-order valence-corrected chi connectivity index (χ0v) is 14.9. The minimum Gasteiger partial charge on any atom is -0.298 e. The molecule has 0 spiro atoms. The Morgan fingerprint density at radius 2 is 1.62 bits per heavy atom. The van der Waals surface area contributed by atoms with E-state index in [-0.39, 0.29) is 5.41 Å². The van der Waals surface area contributed by atoms with Gasteiger partial charge in [0.1, 0.15) is 0 Å². The molecule has 1 aliphatic heterocycles. The Morgan fingerprint density at radius 3 is 2.14 bits per heavy atom. The van der Waals surface area contributed by atoms with Crippen LogP contribution in [0.5, 0.6) is 0 Å². The monoisotopic (exact) mass is 287 g/mol. The first-order valence-electron chi connectivity index (χ1n) is 8.51. The molecule has 0 radical (unpaired) electrons. The largest absolute Gasteiger partial charge is 0.298 e. The van der Waals surface area contributed by atoms with Crippen molar-refractivity contribution in [2.24, 2.45) is 5.92 Å². The molecule has 0 aromatic heterocycles. The summed E-state index contributed by atoms with van der Waals surface area (Å²) in [5.74, 6) is 0.818. The maximum atomic E-state index is 2.66. The summed E-state index contributed by atoms with van der Waals surface area (Å²) in [6.07, 6.45) is 3.96. The van der Waals surface area contributed by atoms with Gasteiger partial charge in [0.05, 0.1) is 0 Å². The fourth-order valence-corrected chi connectivity index (χ4v) is 3.32. The van der Waals surface area contributed by atoms with Gasteiger partial charge in [0, 0.05) is 12.1 Å². The highest BCUT2D eigenvalue weighted by atomic mass is 15.2. The molecule has 0 saturated carbocycles. The van der Waals surface area contributed by atoms with Gasteiger partial charge in [-0.05, 0) is 69.0 Å². The quantitative estimate of drug-likeness (QED) is 0.737. The average molecular weight is 287 g/mol. The van der Waals surface area contributed by atoms with Crippen LogP contribution >= 0.6 is 0 Å². The van der Waals surface area contributed by atoms with E-state index in [0.717, 1.165) is 5.92 Å². The van der Waals surface area contributed by atoms with Crippen molar-refractivity contribution in [2.45, 2.75) is 71.8 Å². The molecule has 1 atom stereocenters. The number of likely N-dealkylation sites (tertiary alicyclic amines) is 1. The Labute approximate surface area is 131 Å². The van der Waals surface area contributed by atoms with Crippen molar-refractivity contribution in [3.8, 4) is 0 Å². The van der Waals surface area contributed by atoms with E-state index in [1.807, 2.05) is 0 Å². The van der Waals surface area contributed by atoms with E-state index in [2.05, 4.69) is 70.7 Å². The molecule has 0 bridgehead atoms. The normalized spacial score (nSPS) is 21.5. The molecule has 1 aromatic carbocycles. The first kappa shape index (κ1) is 16.5. The van der Waals surface area contributed by atoms with Gasteiger partial charge >= 0.3 is 0 Å². The predicted octanol–water partition coefficient (Wildman–Crippen LogP) is 5.04. The van der Waals surface area contributed by atoms with Gasteiger partial charge in [0.25, 0.3) is 0 Å². The molecule has 1 heteroatoms. The van der Waals surface area contributed by atoms with Crippen LogP contribution in [0.3, 0.4) is 0 Å². The van der Waals surface area contributed by atoms with Crippen LogP contribution in [0.1, 0.15) is 65.5 Å². The average Bonchev–Trinajstić information content (AvgIpc) is 2.37. The molecule has 118 valence electrons. The van der Waals surface area contributed by atoms with Crippen LogP contribution in [0.15, 0.2) is 24.3 Å². The van der Waals surface area contributed by atoms with Gasteiger partial charge in [0.2, 0.25) is 0 Å². The van der Waals surface area contributed by atoms with Gasteiger partial charge < -0.3 is 0 Å². The van der Waals surface area contributed by atoms with Crippen molar-refractivity contribution in [3.63, 3.8) is 0 Å². The third-order valence-corrected chi connectivity index (χ3v) is 4.81. The van der Waals surface area contributed by atoms with Gasteiger partial charge in [-0.2, -0.15) is 0 Å². The zero-order valence-electron chi connectivity index (χ0n) is 14.9. The Morgan fingerprint density at radius 1 is 1.00 bits per heavy atom. The van der Waals surface area contributed by atoms with Crippen molar-refractivity contribution in [3.05, 3.63) is 35.4 Å². The highest BCUT2D eigenvalue weighted by molar-refractivity contribution is 5.27. The Balaban J connectivity index is 1.98. The third kappa shape index (κ3) is 4.57. The van der Waals surface area contributed by atoms with E-state index in [4.69, 9.17) is 0 Å². The first-order chi connectivity index (χ1) is 9.66. The Bertz CT molecular complexity index is 444. The highest BCUT2D eigenvalue weighted by Crippen LogP contribution is 2.27. The number of hydrogen-bond acceptors (Lipinski definition) is 1. The molecular formula is C20H33N. The third-order valence-electron chi connectivity index (χ3n) is 4.81. The predicted molar refractivity (Wildman–Crippen MR) is 92.9 cm³/mol. The molecule has 1 unspecified atom stereocenters. The lowest BCUT2D eigenvalue weighted by Crippen LogP contribution is -2.47. The summed E-state index contributed by atoms with van der Waals surface area (Å²) in [5, 5.41) is 0. The smallest absolute Gasteiger partial charge is 0.0125 e. The molecule has 1 heterocycles. The number of rotatable bonds is 2. The van der Waals surface area contributed by atoms with Crippen LogP contribution in [0, 0.1) is 5.92 Å². The van der Waals surface area contributed by atoms with E-state index in [1.165, 1.54) is 43.5 Å². The molecule has 1 aromatic rings. The van der Waals surface area contributed by atoms with E-state index in [9.17, 15) is 0 Å². The first-order valence-corrected chi connectivity index (χ1v) is 8.51. The maximum Gasteiger partial charge on any atom is 0.0125 e. The molecule has 0 amide bonds. The summed E-state index contributed by atoms with van der Waals surface area (Å²) in [5.41, 5.74) is 3.51. The molecule has 1 fully saturated rings. The molecule has 0 N–H and O–H groups in total. The second-order valence-corrected chi connectivity index (χ2v) is 8.78. The lowest BCUT2D eigenvalue weighted by molar-refractivity contribution is 0.0790.